The Labute approximate surface area is 150 Å². The number of carbonyl (C=O) groups excluding carboxylic acids is 2. The van der Waals surface area contributed by atoms with Gasteiger partial charge in [0.1, 0.15) is 5.82 Å². The molecule has 8 heteroatoms. The first kappa shape index (κ1) is 17.3. The van der Waals surface area contributed by atoms with Crippen LogP contribution in [-0.4, -0.2) is 50.1 Å². The van der Waals surface area contributed by atoms with Crippen LogP contribution in [-0.2, 0) is 4.79 Å². The second kappa shape index (κ2) is 7.56. The molecule has 0 saturated carbocycles. The molecule has 1 N–H and O–H groups in total. The maximum absolute atomic E-state index is 12.5. The van der Waals surface area contributed by atoms with Gasteiger partial charge < -0.3 is 10.2 Å². The minimum atomic E-state index is -0.319. The van der Waals surface area contributed by atoms with Gasteiger partial charge in [-0.1, -0.05) is 0 Å². The number of aryl methyl sites for hydroxylation is 1. The highest BCUT2D eigenvalue weighted by molar-refractivity contribution is 5.98. The maximum atomic E-state index is 12.5. The molecule has 3 rings (SSSR count). The minimum absolute atomic E-state index is 0.0879. The molecule has 0 aliphatic heterocycles. The van der Waals surface area contributed by atoms with Gasteiger partial charge in [-0.3, -0.25) is 9.59 Å². The lowest BCUT2D eigenvalue weighted by Crippen LogP contribution is -2.35. The van der Waals surface area contributed by atoms with Crippen LogP contribution in [0.4, 0.5) is 5.82 Å². The second-order valence-corrected chi connectivity index (χ2v) is 5.78. The Hall–Kier alpha value is -3.55. The maximum Gasteiger partial charge on any atom is 0.255 e. The summed E-state index contributed by atoms with van der Waals surface area (Å²) in [5.41, 5.74) is 1.38. The molecule has 132 valence electrons. The zero-order valence-electron chi connectivity index (χ0n) is 14.5. The van der Waals surface area contributed by atoms with Crippen molar-refractivity contribution in [3.63, 3.8) is 0 Å². The third-order valence-corrected chi connectivity index (χ3v) is 3.64. The van der Waals surface area contributed by atoms with E-state index in [1.165, 1.54) is 11.1 Å². The predicted octanol–water partition coefficient (Wildman–Crippen LogP) is 1.68. The molecule has 0 aromatic carbocycles. The van der Waals surface area contributed by atoms with E-state index in [1.807, 2.05) is 13.0 Å². The summed E-state index contributed by atoms with van der Waals surface area (Å²) in [7, 11) is 1.56. The third kappa shape index (κ3) is 4.10. The van der Waals surface area contributed by atoms with E-state index in [4.69, 9.17) is 0 Å². The summed E-state index contributed by atoms with van der Waals surface area (Å²) in [5, 5.41) is 6.76. The highest BCUT2D eigenvalue weighted by atomic mass is 16.2. The summed E-state index contributed by atoms with van der Waals surface area (Å²) in [5.74, 6) is 0.454. The Morgan fingerprint density at radius 2 is 2.04 bits per heavy atom. The van der Waals surface area contributed by atoms with Crippen molar-refractivity contribution in [1.82, 2.24) is 24.6 Å². The first-order valence-electron chi connectivity index (χ1n) is 7.97. The van der Waals surface area contributed by atoms with Crippen LogP contribution in [0.1, 0.15) is 15.9 Å². The average molecular weight is 350 g/mol. The largest absolute Gasteiger partial charge is 0.332 e. The summed E-state index contributed by atoms with van der Waals surface area (Å²) in [6.07, 6.45) is 6.50. The lowest BCUT2D eigenvalue weighted by atomic mass is 10.2. The van der Waals surface area contributed by atoms with Crippen LogP contribution < -0.4 is 5.32 Å². The molecule has 0 bridgehead atoms. The molecule has 3 aromatic rings. The topological polar surface area (TPSA) is 93.0 Å². The van der Waals surface area contributed by atoms with Crippen molar-refractivity contribution in [2.45, 2.75) is 6.92 Å². The number of nitrogens with zero attached hydrogens (tertiary/aromatic N) is 5. The van der Waals surface area contributed by atoms with E-state index >= 15 is 0 Å². The van der Waals surface area contributed by atoms with E-state index in [0.717, 1.165) is 5.56 Å². The van der Waals surface area contributed by atoms with Gasteiger partial charge in [0, 0.05) is 31.8 Å². The van der Waals surface area contributed by atoms with E-state index in [1.54, 1.807) is 54.6 Å². The molecule has 0 fully saturated rings. The average Bonchev–Trinajstić information content (AvgIpc) is 3.15. The Bertz CT molecular complexity index is 906. The van der Waals surface area contributed by atoms with Crippen molar-refractivity contribution in [3.05, 3.63) is 66.2 Å². The van der Waals surface area contributed by atoms with Gasteiger partial charge in [0.25, 0.3) is 5.91 Å². The van der Waals surface area contributed by atoms with Crippen LogP contribution in [0.15, 0.2) is 55.1 Å². The molecule has 0 aliphatic rings. The summed E-state index contributed by atoms with van der Waals surface area (Å²) < 4.78 is 1.60. The number of pyridine rings is 2. The smallest absolute Gasteiger partial charge is 0.255 e. The first-order chi connectivity index (χ1) is 12.5. The van der Waals surface area contributed by atoms with Gasteiger partial charge in [-0.15, -0.1) is 0 Å². The molecular weight excluding hydrogens is 332 g/mol. The fraction of sp³-hybridized carbons (Fsp3) is 0.167. The van der Waals surface area contributed by atoms with Crippen molar-refractivity contribution < 1.29 is 9.59 Å². The van der Waals surface area contributed by atoms with E-state index < -0.39 is 0 Å². The molecule has 3 aromatic heterocycles. The normalized spacial score (nSPS) is 10.4. The van der Waals surface area contributed by atoms with Crippen LogP contribution in [0, 0.1) is 6.92 Å². The number of likely N-dealkylation sites (N-methyl/N-ethyl adjacent to an activating group) is 1. The van der Waals surface area contributed by atoms with Crippen molar-refractivity contribution in [3.8, 4) is 5.82 Å². The summed E-state index contributed by atoms with van der Waals surface area (Å²) in [6.45, 7) is 1.82. The fourth-order valence-electron chi connectivity index (χ4n) is 2.35. The van der Waals surface area contributed by atoms with Crippen molar-refractivity contribution >= 4 is 17.6 Å². The summed E-state index contributed by atoms with van der Waals surface area (Å²) >= 11 is 0. The predicted molar refractivity (Wildman–Crippen MR) is 95.9 cm³/mol. The zero-order valence-corrected chi connectivity index (χ0v) is 14.5. The van der Waals surface area contributed by atoms with Crippen LogP contribution in [0.3, 0.4) is 0 Å². The molecule has 0 unspecified atom stereocenters. The second-order valence-electron chi connectivity index (χ2n) is 5.78. The molecular formula is C18H18N6O2. The zero-order chi connectivity index (χ0) is 18.5. The lowest BCUT2D eigenvalue weighted by Gasteiger charge is -2.16. The SMILES string of the molecule is Cc1ccnc(NC(=O)CN(C)C(=O)c2ccc(-n3cccn3)nc2)c1. The molecule has 8 nitrogen and oxygen atoms in total. The third-order valence-electron chi connectivity index (χ3n) is 3.64. The van der Waals surface area contributed by atoms with Crippen LogP contribution in [0.25, 0.3) is 5.82 Å². The van der Waals surface area contributed by atoms with Crippen LogP contribution in [0.2, 0.25) is 0 Å². The first-order valence-corrected chi connectivity index (χ1v) is 7.97. The van der Waals surface area contributed by atoms with E-state index in [-0.39, 0.29) is 18.4 Å². The summed E-state index contributed by atoms with van der Waals surface area (Å²) in [4.78, 5) is 34.2. The van der Waals surface area contributed by atoms with Gasteiger partial charge >= 0.3 is 0 Å². The highest BCUT2D eigenvalue weighted by Gasteiger charge is 2.16. The molecule has 3 heterocycles. The molecule has 0 atom stereocenters. The van der Waals surface area contributed by atoms with Crippen molar-refractivity contribution in [2.75, 3.05) is 18.9 Å². The fourth-order valence-corrected chi connectivity index (χ4v) is 2.35. The van der Waals surface area contributed by atoms with Gasteiger partial charge in [-0.25, -0.2) is 14.6 Å². The highest BCUT2D eigenvalue weighted by Crippen LogP contribution is 2.08. The summed E-state index contributed by atoms with van der Waals surface area (Å²) in [6, 6.07) is 8.74. The molecule has 2 amide bonds. The van der Waals surface area contributed by atoms with Gasteiger partial charge in [-0.05, 0) is 42.8 Å². The number of rotatable bonds is 5. The number of carbonyl (C=O) groups is 2. The molecule has 26 heavy (non-hydrogen) atoms. The number of hydrogen-bond donors (Lipinski definition) is 1. The standard InChI is InChI=1S/C18H18N6O2/c1-13-6-8-19-15(10-13)22-17(25)12-23(2)18(26)14-4-5-16(20-11-14)24-9-3-7-21-24/h3-11H,12H2,1-2H3,(H,19,22,25). The minimum Gasteiger partial charge on any atom is -0.332 e. The van der Waals surface area contributed by atoms with Crippen LogP contribution in [0.5, 0.6) is 0 Å². The number of amides is 2. The van der Waals surface area contributed by atoms with Crippen molar-refractivity contribution in [2.24, 2.45) is 0 Å². The number of aromatic nitrogens is 4. The number of nitrogens with one attached hydrogen (secondary N) is 1. The quantitative estimate of drug-likeness (QED) is 0.756. The Morgan fingerprint density at radius 1 is 1.19 bits per heavy atom. The molecule has 0 radical (unpaired) electrons. The number of anilines is 1. The van der Waals surface area contributed by atoms with Gasteiger partial charge in [0.2, 0.25) is 5.91 Å². The van der Waals surface area contributed by atoms with Gasteiger partial charge in [0.05, 0.1) is 12.1 Å². The monoisotopic (exact) mass is 350 g/mol. The Kier molecular flexibility index (Phi) is 5.02. The van der Waals surface area contributed by atoms with Gasteiger partial charge in [-0.2, -0.15) is 5.10 Å². The molecule has 0 saturated heterocycles. The Balaban J connectivity index is 1.61. The van der Waals surface area contributed by atoms with E-state index in [0.29, 0.717) is 17.2 Å². The van der Waals surface area contributed by atoms with Gasteiger partial charge in [0.15, 0.2) is 5.82 Å². The van der Waals surface area contributed by atoms with Crippen LogP contribution >= 0.6 is 0 Å². The van der Waals surface area contributed by atoms with E-state index in [2.05, 4.69) is 20.4 Å². The molecule has 0 spiro atoms. The lowest BCUT2D eigenvalue weighted by molar-refractivity contribution is -0.116. The Morgan fingerprint density at radius 3 is 2.69 bits per heavy atom. The number of hydrogen-bond acceptors (Lipinski definition) is 5. The molecule has 0 aliphatic carbocycles. The van der Waals surface area contributed by atoms with E-state index in [9.17, 15) is 9.59 Å². The van der Waals surface area contributed by atoms with Crippen molar-refractivity contribution in [1.29, 1.82) is 0 Å².